The Hall–Kier alpha value is -5.57. The molecule has 0 bridgehead atoms. The molecule has 0 aliphatic heterocycles. The number of nitrogens with two attached hydrogens (primary N) is 1. The van der Waals surface area contributed by atoms with Crippen LogP contribution in [0.15, 0.2) is 60.9 Å². The molecule has 0 aliphatic rings. The maximum atomic E-state index is 15.0. The topological polar surface area (TPSA) is 149 Å². The minimum absolute atomic E-state index is 0.0296. The number of rotatable bonds is 5. The predicted octanol–water partition coefficient (Wildman–Crippen LogP) is 3.76. The fraction of sp³-hybridized carbons (Fsp3) is 0.111. The van der Waals surface area contributed by atoms with Gasteiger partial charge in [0.1, 0.15) is 17.1 Å². The van der Waals surface area contributed by atoms with Gasteiger partial charge in [0.15, 0.2) is 28.9 Å². The molecule has 2 N–H and O–H groups in total. The Labute approximate surface area is 221 Å². The van der Waals surface area contributed by atoms with Gasteiger partial charge in [-0.3, -0.25) is 4.40 Å². The smallest absolute Gasteiger partial charge is 0.193 e. The number of nitrogens with zero attached hydrogens (tertiary/aromatic N) is 10. The first kappa shape index (κ1) is 23.8. The Morgan fingerprint density at radius 3 is 2.67 bits per heavy atom. The minimum atomic E-state index is -0.755. The van der Waals surface area contributed by atoms with Gasteiger partial charge in [-0.25, -0.2) is 24.0 Å². The van der Waals surface area contributed by atoms with E-state index in [0.29, 0.717) is 34.2 Å². The molecule has 0 spiro atoms. The van der Waals surface area contributed by atoms with Crippen molar-refractivity contribution in [3.8, 4) is 40.4 Å². The van der Waals surface area contributed by atoms with E-state index in [4.69, 9.17) is 16.0 Å². The molecule has 0 saturated carbocycles. The van der Waals surface area contributed by atoms with Crippen molar-refractivity contribution >= 4 is 11.5 Å². The minimum Gasteiger partial charge on any atom is -0.381 e. The van der Waals surface area contributed by atoms with E-state index in [1.807, 2.05) is 50.2 Å². The molecular weight excluding hydrogens is 497 g/mol. The van der Waals surface area contributed by atoms with Crippen LogP contribution >= 0.6 is 0 Å². The molecule has 5 aromatic heterocycles. The molecule has 0 saturated heterocycles. The van der Waals surface area contributed by atoms with Crippen LogP contribution in [0.25, 0.3) is 39.9 Å². The molecule has 6 rings (SSSR count). The number of anilines is 1. The van der Waals surface area contributed by atoms with Gasteiger partial charge in [0.05, 0.1) is 30.1 Å². The maximum absolute atomic E-state index is 15.0. The Morgan fingerprint density at radius 1 is 0.974 bits per heavy atom. The van der Waals surface area contributed by atoms with Crippen LogP contribution in [-0.4, -0.2) is 44.5 Å². The number of fused-ring (bicyclic) bond motifs is 1. The number of nitriles is 1. The molecule has 0 radical (unpaired) electrons. The predicted molar refractivity (Wildman–Crippen MR) is 140 cm³/mol. The van der Waals surface area contributed by atoms with Crippen LogP contribution in [0.1, 0.15) is 22.4 Å². The highest BCUT2D eigenvalue weighted by Gasteiger charge is 2.19. The Balaban J connectivity index is 1.31. The molecule has 190 valence electrons. The number of hydrogen-bond donors (Lipinski definition) is 1. The van der Waals surface area contributed by atoms with Gasteiger partial charge in [-0.15, -0.1) is 15.3 Å². The SMILES string of the molecule is Cc1cccc(-c2nc(N)c(F)c(-c3cn(Cc4cccc(-c5nnc6cc(C#N)ccn56)n4)nn3)n2)c1C. The number of hydrogen-bond acceptors (Lipinski definition) is 9. The van der Waals surface area contributed by atoms with Gasteiger partial charge in [-0.05, 0) is 43.2 Å². The zero-order valence-corrected chi connectivity index (χ0v) is 20.9. The zero-order valence-electron chi connectivity index (χ0n) is 20.9. The molecule has 0 aliphatic carbocycles. The number of aryl methyl sites for hydroxylation is 1. The highest BCUT2D eigenvalue weighted by atomic mass is 19.1. The van der Waals surface area contributed by atoms with Crippen LogP contribution in [0.4, 0.5) is 10.2 Å². The second-order valence-electron chi connectivity index (χ2n) is 8.94. The Morgan fingerprint density at radius 2 is 1.82 bits per heavy atom. The van der Waals surface area contributed by atoms with Gasteiger partial charge in [-0.2, -0.15) is 5.26 Å². The fourth-order valence-electron chi connectivity index (χ4n) is 4.23. The van der Waals surface area contributed by atoms with Gasteiger partial charge in [0.2, 0.25) is 0 Å². The summed E-state index contributed by atoms with van der Waals surface area (Å²) in [6.45, 7) is 4.20. The van der Waals surface area contributed by atoms with Crippen molar-refractivity contribution in [3.05, 3.63) is 89.1 Å². The van der Waals surface area contributed by atoms with E-state index in [0.717, 1.165) is 16.7 Å². The molecule has 12 heteroatoms. The first-order chi connectivity index (χ1) is 18.9. The van der Waals surface area contributed by atoms with Crippen molar-refractivity contribution in [1.82, 2.24) is 44.5 Å². The monoisotopic (exact) mass is 517 g/mol. The molecule has 0 atom stereocenters. The molecule has 0 fully saturated rings. The van der Waals surface area contributed by atoms with Crippen LogP contribution in [0.2, 0.25) is 0 Å². The quantitative estimate of drug-likeness (QED) is 0.360. The fourth-order valence-corrected chi connectivity index (χ4v) is 4.23. The van der Waals surface area contributed by atoms with Crippen LogP contribution in [0.5, 0.6) is 0 Å². The maximum Gasteiger partial charge on any atom is 0.193 e. The lowest BCUT2D eigenvalue weighted by Crippen LogP contribution is -2.04. The van der Waals surface area contributed by atoms with E-state index in [1.165, 1.54) is 4.68 Å². The highest BCUT2D eigenvalue weighted by molar-refractivity contribution is 5.68. The van der Waals surface area contributed by atoms with Crippen LogP contribution in [0.3, 0.4) is 0 Å². The Bertz CT molecular complexity index is 1920. The summed E-state index contributed by atoms with van der Waals surface area (Å²) in [5, 5.41) is 25.8. The first-order valence-electron chi connectivity index (χ1n) is 11.9. The Kier molecular flexibility index (Phi) is 5.73. The highest BCUT2D eigenvalue weighted by Crippen LogP contribution is 2.28. The lowest BCUT2D eigenvalue weighted by molar-refractivity contribution is 0.623. The molecule has 0 amide bonds. The van der Waals surface area contributed by atoms with Crippen molar-refractivity contribution < 1.29 is 4.39 Å². The summed E-state index contributed by atoms with van der Waals surface area (Å²) >= 11 is 0. The standard InChI is InChI=1S/C27H20FN11/c1-15-5-3-7-19(16(15)2)26-32-24(23(28)25(30)33-26)21-14-38(37-34-21)13-18-6-4-8-20(31-18)27-36-35-22-11-17(12-29)9-10-39(22)27/h3-11,14H,13H2,1-2H3,(H2,30,32,33). The van der Waals surface area contributed by atoms with Gasteiger partial charge in [0.25, 0.3) is 0 Å². The largest absolute Gasteiger partial charge is 0.381 e. The summed E-state index contributed by atoms with van der Waals surface area (Å²) in [6, 6.07) is 16.7. The van der Waals surface area contributed by atoms with Crippen LogP contribution < -0.4 is 5.73 Å². The van der Waals surface area contributed by atoms with Gasteiger partial charge in [-0.1, -0.05) is 29.5 Å². The number of halogens is 1. The average molecular weight is 518 g/mol. The van der Waals surface area contributed by atoms with E-state index in [9.17, 15) is 0 Å². The summed E-state index contributed by atoms with van der Waals surface area (Å²) in [5.41, 5.74) is 11.2. The lowest BCUT2D eigenvalue weighted by atomic mass is 10.0. The molecule has 0 unspecified atom stereocenters. The van der Waals surface area contributed by atoms with Gasteiger partial charge in [0, 0.05) is 17.8 Å². The first-order valence-corrected chi connectivity index (χ1v) is 11.9. The number of aromatic nitrogens is 9. The van der Waals surface area contributed by atoms with Gasteiger partial charge < -0.3 is 5.73 Å². The zero-order chi connectivity index (χ0) is 27.1. The summed E-state index contributed by atoms with van der Waals surface area (Å²) in [4.78, 5) is 13.3. The number of nitrogen functional groups attached to an aromatic ring is 1. The third kappa shape index (κ3) is 4.31. The van der Waals surface area contributed by atoms with E-state index in [-0.39, 0.29) is 23.8 Å². The molecular formula is C27H20FN11. The number of pyridine rings is 2. The average Bonchev–Trinajstić information content (AvgIpc) is 3.58. The summed E-state index contributed by atoms with van der Waals surface area (Å²) in [5.74, 6) is -0.165. The summed E-state index contributed by atoms with van der Waals surface area (Å²) < 4.78 is 18.3. The third-order valence-corrected chi connectivity index (χ3v) is 6.40. The number of benzene rings is 1. The second-order valence-corrected chi connectivity index (χ2v) is 8.94. The van der Waals surface area contributed by atoms with Crippen LogP contribution in [-0.2, 0) is 6.54 Å². The van der Waals surface area contributed by atoms with Crippen molar-refractivity contribution in [2.45, 2.75) is 20.4 Å². The molecule has 39 heavy (non-hydrogen) atoms. The van der Waals surface area contributed by atoms with Crippen molar-refractivity contribution in [2.75, 3.05) is 5.73 Å². The normalized spacial score (nSPS) is 11.1. The summed E-state index contributed by atoms with van der Waals surface area (Å²) in [7, 11) is 0. The van der Waals surface area contributed by atoms with Crippen molar-refractivity contribution in [3.63, 3.8) is 0 Å². The lowest BCUT2D eigenvalue weighted by Gasteiger charge is -2.10. The molecule has 11 nitrogen and oxygen atoms in total. The van der Waals surface area contributed by atoms with Crippen molar-refractivity contribution in [1.29, 1.82) is 5.26 Å². The van der Waals surface area contributed by atoms with Gasteiger partial charge >= 0.3 is 0 Å². The van der Waals surface area contributed by atoms with E-state index in [1.54, 1.807) is 28.9 Å². The van der Waals surface area contributed by atoms with Crippen molar-refractivity contribution in [2.24, 2.45) is 0 Å². The van der Waals surface area contributed by atoms with E-state index >= 15 is 4.39 Å². The third-order valence-electron chi connectivity index (χ3n) is 6.40. The van der Waals surface area contributed by atoms with E-state index < -0.39 is 5.82 Å². The van der Waals surface area contributed by atoms with Crippen LogP contribution in [0, 0.1) is 31.0 Å². The second kappa shape index (κ2) is 9.38. The summed E-state index contributed by atoms with van der Waals surface area (Å²) in [6.07, 6.45) is 3.32. The van der Waals surface area contributed by atoms with E-state index in [2.05, 4.69) is 36.5 Å². The molecule has 6 aromatic rings. The molecule has 5 heterocycles. The molecule has 1 aromatic carbocycles.